The first-order chi connectivity index (χ1) is 10.4. The lowest BCUT2D eigenvalue weighted by molar-refractivity contribution is -0.385. The summed E-state index contributed by atoms with van der Waals surface area (Å²) < 4.78 is 27.1. The first-order valence-electron chi connectivity index (χ1n) is 7.08. The van der Waals surface area contributed by atoms with Crippen LogP contribution >= 0.6 is 0 Å². The first kappa shape index (κ1) is 16.8. The maximum Gasteiger partial charge on any atom is 0.270 e. The Bertz CT molecular complexity index is 641. The zero-order valence-corrected chi connectivity index (χ0v) is 13.2. The molecule has 0 radical (unpaired) electrons. The van der Waals surface area contributed by atoms with E-state index in [4.69, 9.17) is 0 Å². The number of benzene rings is 1. The van der Waals surface area contributed by atoms with E-state index in [1.165, 1.54) is 12.1 Å². The highest BCUT2D eigenvalue weighted by molar-refractivity contribution is 7.89. The summed E-state index contributed by atoms with van der Waals surface area (Å²) in [6.45, 7) is 6.09. The van der Waals surface area contributed by atoms with Gasteiger partial charge in [-0.25, -0.2) is 13.1 Å². The van der Waals surface area contributed by atoms with Gasteiger partial charge < -0.3 is 5.32 Å². The van der Waals surface area contributed by atoms with Gasteiger partial charge in [0.2, 0.25) is 10.0 Å². The highest BCUT2D eigenvalue weighted by atomic mass is 32.2. The first-order valence-corrected chi connectivity index (χ1v) is 8.56. The second-order valence-electron chi connectivity index (χ2n) is 5.20. The van der Waals surface area contributed by atoms with E-state index in [-0.39, 0.29) is 17.1 Å². The van der Waals surface area contributed by atoms with Gasteiger partial charge >= 0.3 is 0 Å². The SMILES string of the molecule is Cc1ccc([N+](=O)[O-])cc1S(=O)(=O)NCCN1CCNCC1. The summed E-state index contributed by atoms with van der Waals surface area (Å²) in [6.07, 6.45) is 0. The summed E-state index contributed by atoms with van der Waals surface area (Å²) in [4.78, 5) is 12.3. The Balaban J connectivity index is 2.03. The van der Waals surface area contributed by atoms with Gasteiger partial charge in [-0.3, -0.25) is 15.0 Å². The van der Waals surface area contributed by atoms with Crippen molar-refractivity contribution in [3.8, 4) is 0 Å². The van der Waals surface area contributed by atoms with Gasteiger partial charge in [0.1, 0.15) is 0 Å². The minimum Gasteiger partial charge on any atom is -0.314 e. The van der Waals surface area contributed by atoms with Gasteiger partial charge in [0.15, 0.2) is 0 Å². The molecule has 1 heterocycles. The third-order valence-electron chi connectivity index (χ3n) is 3.60. The minimum absolute atomic E-state index is 0.0398. The van der Waals surface area contributed by atoms with Gasteiger partial charge in [0, 0.05) is 51.4 Å². The normalized spacial score (nSPS) is 16.6. The fourth-order valence-electron chi connectivity index (χ4n) is 2.34. The molecule has 0 bridgehead atoms. The van der Waals surface area contributed by atoms with Crippen molar-refractivity contribution < 1.29 is 13.3 Å². The Morgan fingerprint density at radius 2 is 2.05 bits per heavy atom. The standard InChI is InChI=1S/C13H20N4O4S/c1-11-2-3-12(17(18)19)10-13(11)22(20,21)15-6-9-16-7-4-14-5-8-16/h2-3,10,14-15H,4-9H2,1H3. The summed E-state index contributed by atoms with van der Waals surface area (Å²) in [5.41, 5.74) is 0.258. The lowest BCUT2D eigenvalue weighted by atomic mass is 10.2. The highest BCUT2D eigenvalue weighted by Gasteiger charge is 2.20. The van der Waals surface area contributed by atoms with E-state index >= 15 is 0 Å². The molecule has 0 aliphatic carbocycles. The molecule has 0 amide bonds. The van der Waals surface area contributed by atoms with Crippen LogP contribution in [0.25, 0.3) is 0 Å². The van der Waals surface area contributed by atoms with Crippen molar-refractivity contribution in [1.29, 1.82) is 0 Å². The summed E-state index contributed by atoms with van der Waals surface area (Å²) >= 11 is 0. The zero-order chi connectivity index (χ0) is 16.2. The number of hydrogen-bond acceptors (Lipinski definition) is 6. The van der Waals surface area contributed by atoms with Gasteiger partial charge in [0.05, 0.1) is 9.82 Å². The van der Waals surface area contributed by atoms with Crippen molar-refractivity contribution >= 4 is 15.7 Å². The van der Waals surface area contributed by atoms with Gasteiger partial charge in [-0.1, -0.05) is 6.07 Å². The molecule has 8 nitrogen and oxygen atoms in total. The summed E-state index contributed by atoms with van der Waals surface area (Å²) in [6, 6.07) is 3.85. The van der Waals surface area contributed by atoms with Crippen molar-refractivity contribution in [2.45, 2.75) is 11.8 Å². The van der Waals surface area contributed by atoms with E-state index in [0.29, 0.717) is 12.1 Å². The molecule has 122 valence electrons. The smallest absolute Gasteiger partial charge is 0.270 e. The van der Waals surface area contributed by atoms with Crippen LogP contribution in [-0.4, -0.2) is 57.5 Å². The molecule has 1 aliphatic rings. The van der Waals surface area contributed by atoms with Crippen LogP contribution in [0.3, 0.4) is 0 Å². The van der Waals surface area contributed by atoms with E-state index in [9.17, 15) is 18.5 Å². The third-order valence-corrected chi connectivity index (χ3v) is 5.20. The van der Waals surface area contributed by atoms with Crippen LogP contribution in [-0.2, 0) is 10.0 Å². The quantitative estimate of drug-likeness (QED) is 0.566. The Hall–Kier alpha value is -1.55. The molecule has 0 atom stereocenters. The molecule has 0 aromatic heterocycles. The van der Waals surface area contributed by atoms with E-state index in [1.807, 2.05) is 0 Å². The molecule has 9 heteroatoms. The summed E-state index contributed by atoms with van der Waals surface area (Å²) in [5, 5.41) is 14.0. The second kappa shape index (κ2) is 7.14. The van der Waals surface area contributed by atoms with Gasteiger partial charge in [0.25, 0.3) is 5.69 Å². The monoisotopic (exact) mass is 328 g/mol. The van der Waals surface area contributed by atoms with E-state index in [2.05, 4.69) is 14.9 Å². The predicted octanol–water partition coefficient (Wildman–Crippen LogP) is 0.0867. The maximum absolute atomic E-state index is 12.3. The minimum atomic E-state index is -3.74. The zero-order valence-electron chi connectivity index (χ0n) is 12.4. The number of aryl methyl sites for hydroxylation is 1. The molecule has 2 rings (SSSR count). The van der Waals surface area contributed by atoms with Crippen LogP contribution in [0.15, 0.2) is 23.1 Å². The molecule has 2 N–H and O–H groups in total. The molecule has 0 saturated carbocycles. The number of nitrogens with one attached hydrogen (secondary N) is 2. The molecule has 22 heavy (non-hydrogen) atoms. The lowest BCUT2D eigenvalue weighted by Gasteiger charge is -2.27. The maximum atomic E-state index is 12.3. The topological polar surface area (TPSA) is 105 Å². The summed E-state index contributed by atoms with van der Waals surface area (Å²) in [5.74, 6) is 0. The highest BCUT2D eigenvalue weighted by Crippen LogP contribution is 2.21. The average Bonchev–Trinajstić information content (AvgIpc) is 2.48. The van der Waals surface area contributed by atoms with Crippen LogP contribution in [0.1, 0.15) is 5.56 Å². The lowest BCUT2D eigenvalue weighted by Crippen LogP contribution is -2.46. The molecular formula is C13H20N4O4S. The molecule has 1 saturated heterocycles. The van der Waals surface area contributed by atoms with Crippen LogP contribution in [0.4, 0.5) is 5.69 Å². The Morgan fingerprint density at radius 3 is 2.68 bits per heavy atom. The Kier molecular flexibility index (Phi) is 5.46. The number of piperazine rings is 1. The van der Waals surface area contributed by atoms with Crippen molar-refractivity contribution in [3.63, 3.8) is 0 Å². The number of nitro groups is 1. The van der Waals surface area contributed by atoms with Crippen LogP contribution < -0.4 is 10.0 Å². The molecule has 1 fully saturated rings. The van der Waals surface area contributed by atoms with Crippen LogP contribution in [0, 0.1) is 17.0 Å². The molecule has 1 aliphatic heterocycles. The predicted molar refractivity (Wildman–Crippen MR) is 82.3 cm³/mol. The average molecular weight is 328 g/mol. The van der Waals surface area contributed by atoms with E-state index < -0.39 is 14.9 Å². The molecule has 1 aromatic rings. The molecular weight excluding hydrogens is 308 g/mol. The third kappa shape index (κ3) is 4.23. The van der Waals surface area contributed by atoms with Crippen molar-refractivity contribution in [2.75, 3.05) is 39.3 Å². The fourth-order valence-corrected chi connectivity index (χ4v) is 3.63. The Labute approximate surface area is 129 Å². The largest absolute Gasteiger partial charge is 0.314 e. The number of rotatable bonds is 6. The number of nitrogens with zero attached hydrogens (tertiary/aromatic N) is 2. The van der Waals surface area contributed by atoms with Crippen LogP contribution in [0.5, 0.6) is 0 Å². The van der Waals surface area contributed by atoms with E-state index in [0.717, 1.165) is 32.2 Å². The second-order valence-corrected chi connectivity index (χ2v) is 6.93. The van der Waals surface area contributed by atoms with Crippen molar-refractivity contribution in [1.82, 2.24) is 14.9 Å². The molecule has 0 unspecified atom stereocenters. The summed E-state index contributed by atoms with van der Waals surface area (Å²) in [7, 11) is -3.74. The number of non-ortho nitro benzene ring substituents is 1. The van der Waals surface area contributed by atoms with Crippen LogP contribution in [0.2, 0.25) is 0 Å². The number of hydrogen-bond donors (Lipinski definition) is 2. The molecule has 1 aromatic carbocycles. The van der Waals surface area contributed by atoms with Gasteiger partial charge in [-0.05, 0) is 12.5 Å². The number of sulfonamides is 1. The van der Waals surface area contributed by atoms with Crippen molar-refractivity contribution in [2.24, 2.45) is 0 Å². The van der Waals surface area contributed by atoms with Gasteiger partial charge in [-0.2, -0.15) is 0 Å². The Morgan fingerprint density at radius 1 is 1.36 bits per heavy atom. The van der Waals surface area contributed by atoms with E-state index in [1.54, 1.807) is 6.92 Å². The molecule has 0 spiro atoms. The fraction of sp³-hybridized carbons (Fsp3) is 0.538. The number of nitro benzene ring substituents is 1. The van der Waals surface area contributed by atoms with Gasteiger partial charge in [-0.15, -0.1) is 0 Å². The van der Waals surface area contributed by atoms with Crippen molar-refractivity contribution in [3.05, 3.63) is 33.9 Å².